The number of halogens is 1. The number of likely N-dealkylation sites (N-methyl/N-ethyl adjacent to an activating group) is 2. The first-order valence-corrected chi connectivity index (χ1v) is 3.78. The lowest BCUT2D eigenvalue weighted by Crippen LogP contribution is -2.41. The van der Waals surface area contributed by atoms with Crippen molar-refractivity contribution in [3.63, 3.8) is 0 Å². The Hall–Kier alpha value is -0.640. The zero-order valence-electron chi connectivity index (χ0n) is 7.13. The summed E-state index contributed by atoms with van der Waals surface area (Å²) >= 11 is 0. The summed E-state index contributed by atoms with van der Waals surface area (Å²) in [5.41, 5.74) is 0. The molecule has 3 nitrogen and oxygen atoms in total. The Balaban J connectivity index is 2.52. The van der Waals surface area contributed by atoms with E-state index in [4.69, 9.17) is 0 Å². The Labute approximate surface area is 66.3 Å². The first kappa shape index (κ1) is 8.46. The van der Waals surface area contributed by atoms with Crippen LogP contribution < -0.4 is 5.32 Å². The van der Waals surface area contributed by atoms with Gasteiger partial charge in [0.15, 0.2) is 0 Å². The standard InChI is InChI=1S/C7H14FN3/c1-5(9-2)6-4-7(8)10-11(6)3/h5-6,9H,4H2,1-3H3/t5?,6-/m0/s1. The maximum Gasteiger partial charge on any atom is 0.209 e. The SMILES string of the molecule is CNC(C)[C@@H]1CC(F)=NN1C. The third-order valence-corrected chi connectivity index (χ3v) is 2.16. The molecular weight excluding hydrogens is 145 g/mol. The monoisotopic (exact) mass is 159 g/mol. The molecule has 0 saturated heterocycles. The Kier molecular flexibility index (Phi) is 2.44. The van der Waals surface area contributed by atoms with Crippen LogP contribution in [-0.2, 0) is 0 Å². The minimum absolute atomic E-state index is 0.167. The Bertz CT molecular complexity index is 169. The quantitative estimate of drug-likeness (QED) is 0.638. The highest BCUT2D eigenvalue weighted by Gasteiger charge is 2.27. The van der Waals surface area contributed by atoms with Crippen molar-refractivity contribution >= 4 is 5.97 Å². The summed E-state index contributed by atoms with van der Waals surface area (Å²) in [6.07, 6.45) is 0.429. The molecule has 0 fully saturated rings. The van der Waals surface area contributed by atoms with Gasteiger partial charge in [0, 0.05) is 19.5 Å². The van der Waals surface area contributed by atoms with Crippen molar-refractivity contribution in [2.75, 3.05) is 14.1 Å². The van der Waals surface area contributed by atoms with Gasteiger partial charge in [0.05, 0.1) is 6.04 Å². The maximum absolute atomic E-state index is 12.6. The molecule has 0 saturated carbocycles. The van der Waals surface area contributed by atoms with Gasteiger partial charge in [-0.05, 0) is 14.0 Å². The number of nitrogens with one attached hydrogen (secondary N) is 1. The molecule has 11 heavy (non-hydrogen) atoms. The molecule has 1 rings (SSSR count). The largest absolute Gasteiger partial charge is 0.315 e. The minimum atomic E-state index is -0.264. The Morgan fingerprint density at radius 1 is 1.82 bits per heavy atom. The van der Waals surface area contributed by atoms with Crippen LogP contribution in [0.1, 0.15) is 13.3 Å². The topological polar surface area (TPSA) is 27.6 Å². The number of hydrazone groups is 1. The van der Waals surface area contributed by atoms with Crippen molar-refractivity contribution in [2.24, 2.45) is 5.10 Å². The molecule has 0 bridgehead atoms. The summed E-state index contributed by atoms with van der Waals surface area (Å²) in [5.74, 6) is -0.264. The highest BCUT2D eigenvalue weighted by molar-refractivity contribution is 5.76. The van der Waals surface area contributed by atoms with Crippen molar-refractivity contribution in [2.45, 2.75) is 25.4 Å². The van der Waals surface area contributed by atoms with Crippen molar-refractivity contribution in [1.82, 2.24) is 10.3 Å². The number of hydrogen-bond donors (Lipinski definition) is 1. The Morgan fingerprint density at radius 3 is 2.82 bits per heavy atom. The van der Waals surface area contributed by atoms with E-state index in [1.165, 1.54) is 0 Å². The third kappa shape index (κ3) is 1.68. The van der Waals surface area contributed by atoms with Crippen LogP contribution in [0.25, 0.3) is 0 Å². The summed E-state index contributed by atoms with van der Waals surface area (Å²) < 4.78 is 12.6. The van der Waals surface area contributed by atoms with Gasteiger partial charge in [-0.25, -0.2) is 0 Å². The van der Waals surface area contributed by atoms with E-state index in [9.17, 15) is 4.39 Å². The highest BCUT2D eigenvalue weighted by atomic mass is 19.1. The smallest absolute Gasteiger partial charge is 0.209 e. The van der Waals surface area contributed by atoms with Gasteiger partial charge in [0.1, 0.15) is 0 Å². The fourth-order valence-electron chi connectivity index (χ4n) is 1.28. The van der Waals surface area contributed by atoms with Gasteiger partial charge >= 0.3 is 0 Å². The molecule has 2 atom stereocenters. The first-order valence-electron chi connectivity index (χ1n) is 3.78. The van der Waals surface area contributed by atoms with E-state index in [0.29, 0.717) is 6.42 Å². The highest BCUT2D eigenvalue weighted by Crippen LogP contribution is 2.16. The first-order chi connectivity index (χ1) is 5.15. The molecular formula is C7H14FN3. The van der Waals surface area contributed by atoms with Gasteiger partial charge in [0.2, 0.25) is 5.97 Å². The molecule has 1 unspecified atom stereocenters. The molecule has 0 aliphatic carbocycles. The van der Waals surface area contributed by atoms with E-state index < -0.39 is 0 Å². The second-order valence-corrected chi connectivity index (χ2v) is 2.90. The number of rotatable bonds is 2. The van der Waals surface area contributed by atoms with E-state index in [0.717, 1.165) is 0 Å². The molecule has 1 aliphatic heterocycles. The van der Waals surface area contributed by atoms with Crippen LogP contribution >= 0.6 is 0 Å². The molecule has 4 heteroatoms. The van der Waals surface area contributed by atoms with Crippen molar-refractivity contribution < 1.29 is 4.39 Å². The van der Waals surface area contributed by atoms with Crippen LogP contribution in [-0.4, -0.2) is 37.2 Å². The average molecular weight is 159 g/mol. The molecule has 0 amide bonds. The average Bonchev–Trinajstić information content (AvgIpc) is 2.28. The predicted molar refractivity (Wildman–Crippen MR) is 43.2 cm³/mol. The van der Waals surface area contributed by atoms with E-state index in [-0.39, 0.29) is 18.0 Å². The summed E-state index contributed by atoms with van der Waals surface area (Å²) in [5, 5.41) is 8.44. The minimum Gasteiger partial charge on any atom is -0.315 e. The second-order valence-electron chi connectivity index (χ2n) is 2.90. The summed E-state index contributed by atoms with van der Waals surface area (Å²) in [6.45, 7) is 2.02. The van der Waals surface area contributed by atoms with E-state index in [1.54, 1.807) is 12.1 Å². The summed E-state index contributed by atoms with van der Waals surface area (Å²) in [4.78, 5) is 0. The lowest BCUT2D eigenvalue weighted by molar-refractivity contribution is 0.239. The summed E-state index contributed by atoms with van der Waals surface area (Å²) in [7, 11) is 3.67. The third-order valence-electron chi connectivity index (χ3n) is 2.16. The van der Waals surface area contributed by atoms with Crippen LogP contribution in [0.3, 0.4) is 0 Å². The Morgan fingerprint density at radius 2 is 2.45 bits per heavy atom. The molecule has 1 heterocycles. The van der Waals surface area contributed by atoms with Gasteiger partial charge in [-0.3, -0.25) is 5.01 Å². The number of nitrogens with zero attached hydrogens (tertiary/aromatic N) is 2. The molecule has 0 radical (unpaired) electrons. The molecule has 64 valence electrons. The van der Waals surface area contributed by atoms with E-state index in [1.807, 2.05) is 14.0 Å². The molecule has 1 N–H and O–H groups in total. The van der Waals surface area contributed by atoms with Crippen LogP contribution in [0.5, 0.6) is 0 Å². The maximum atomic E-state index is 12.6. The van der Waals surface area contributed by atoms with Crippen LogP contribution in [0.2, 0.25) is 0 Å². The molecule has 0 spiro atoms. The van der Waals surface area contributed by atoms with Crippen molar-refractivity contribution in [3.8, 4) is 0 Å². The normalized spacial score (nSPS) is 27.1. The van der Waals surface area contributed by atoms with Gasteiger partial charge in [-0.2, -0.15) is 9.49 Å². The lowest BCUT2D eigenvalue weighted by Gasteiger charge is -2.24. The van der Waals surface area contributed by atoms with Gasteiger partial charge in [0.25, 0.3) is 0 Å². The van der Waals surface area contributed by atoms with Crippen LogP contribution in [0.4, 0.5) is 4.39 Å². The molecule has 0 aromatic heterocycles. The molecule has 0 aromatic rings. The molecule has 0 aromatic carbocycles. The van der Waals surface area contributed by atoms with Gasteiger partial charge in [-0.15, -0.1) is 0 Å². The summed E-state index contributed by atoms with van der Waals surface area (Å²) in [6, 6.07) is 0.442. The van der Waals surface area contributed by atoms with Gasteiger partial charge < -0.3 is 5.32 Å². The van der Waals surface area contributed by atoms with Crippen molar-refractivity contribution in [3.05, 3.63) is 0 Å². The van der Waals surface area contributed by atoms with E-state index in [2.05, 4.69) is 10.4 Å². The van der Waals surface area contributed by atoms with Crippen LogP contribution in [0, 0.1) is 0 Å². The number of hydrogen-bond acceptors (Lipinski definition) is 3. The molecule has 1 aliphatic rings. The van der Waals surface area contributed by atoms with Crippen molar-refractivity contribution in [1.29, 1.82) is 0 Å². The zero-order chi connectivity index (χ0) is 8.43. The van der Waals surface area contributed by atoms with E-state index >= 15 is 0 Å². The second kappa shape index (κ2) is 3.17. The van der Waals surface area contributed by atoms with Gasteiger partial charge in [-0.1, -0.05) is 0 Å². The van der Waals surface area contributed by atoms with Crippen LogP contribution in [0.15, 0.2) is 5.10 Å². The zero-order valence-corrected chi connectivity index (χ0v) is 7.13. The predicted octanol–water partition coefficient (Wildman–Crippen LogP) is 0.581. The lowest BCUT2D eigenvalue weighted by atomic mass is 10.1. The fourth-order valence-corrected chi connectivity index (χ4v) is 1.28. The fraction of sp³-hybridized carbons (Fsp3) is 0.857.